The molecule has 0 bridgehead atoms. The molecular weight excluding hydrogens is 736 g/mol. The summed E-state index contributed by atoms with van der Waals surface area (Å²) in [5, 5.41) is 0. The molecule has 12 nitrogen and oxygen atoms in total. The number of aryl methyl sites for hydroxylation is 2. The van der Waals surface area contributed by atoms with Gasteiger partial charge in [0.2, 0.25) is 0 Å². The van der Waals surface area contributed by atoms with Gasteiger partial charge in [-0.25, -0.2) is 0 Å². The largest absolute Gasteiger partial charge is 0.328 e. The van der Waals surface area contributed by atoms with Crippen LogP contribution >= 0.6 is 34.4 Å². The summed E-state index contributed by atoms with van der Waals surface area (Å²) in [6, 6.07) is 14.6. The summed E-state index contributed by atoms with van der Waals surface area (Å²) in [7, 11) is -12.2. The lowest BCUT2D eigenvalue weighted by Crippen LogP contribution is -2.56. The molecular formula is C35H60O12P4. The molecule has 0 heterocycles. The molecule has 0 saturated heterocycles. The molecule has 0 amide bonds. The molecule has 0 radical (unpaired) electrons. The van der Waals surface area contributed by atoms with Gasteiger partial charge in [0, 0.05) is 0 Å². The monoisotopic (exact) mass is 796 g/mol. The highest BCUT2D eigenvalue weighted by atomic mass is 31.2. The number of hydrogen-bond acceptors (Lipinski definition) is 12. The Labute approximate surface area is 309 Å². The number of rotatable bonds is 30. The summed E-state index contributed by atoms with van der Waals surface area (Å²) in [6.45, 7) is 2.39. The van der Waals surface area contributed by atoms with E-state index in [9.17, 15) is 39.1 Å². The zero-order valence-electron chi connectivity index (χ0n) is 30.1. The average Bonchev–Trinajstić information content (AvgIpc) is 3.10. The van der Waals surface area contributed by atoms with Gasteiger partial charge in [0.1, 0.15) is 5.60 Å². The molecule has 0 fully saturated rings. The van der Waals surface area contributed by atoms with Gasteiger partial charge in [-0.15, -0.1) is 0 Å². The van der Waals surface area contributed by atoms with Crippen molar-refractivity contribution in [1.29, 1.82) is 0 Å². The Morgan fingerprint density at radius 1 is 0.451 bits per heavy atom. The fourth-order valence-corrected chi connectivity index (χ4v) is 8.44. The van der Waals surface area contributed by atoms with Crippen LogP contribution in [0.4, 0.5) is 0 Å². The van der Waals surface area contributed by atoms with E-state index in [2.05, 4.69) is 13.8 Å². The summed E-state index contributed by atoms with van der Waals surface area (Å²) in [5.74, 6) is 0. The van der Waals surface area contributed by atoms with Crippen LogP contribution in [0.15, 0.2) is 48.5 Å². The summed E-state index contributed by atoms with van der Waals surface area (Å²) in [5.41, 5.74) is -1.36. The van der Waals surface area contributed by atoms with Gasteiger partial charge >= 0.3 is 34.4 Å². The summed E-state index contributed by atoms with van der Waals surface area (Å²) >= 11 is 0. The van der Waals surface area contributed by atoms with Crippen molar-refractivity contribution in [2.45, 2.75) is 122 Å². The van der Waals surface area contributed by atoms with Crippen LogP contribution in [0.3, 0.4) is 0 Å². The van der Waals surface area contributed by atoms with E-state index < -0.39 is 65.2 Å². The third-order valence-electron chi connectivity index (χ3n) is 9.23. The van der Waals surface area contributed by atoms with Crippen molar-refractivity contribution in [2.75, 3.05) is 19.8 Å². The Morgan fingerprint density at radius 3 is 1.12 bits per heavy atom. The maximum absolute atomic E-state index is 10.8. The van der Waals surface area contributed by atoms with E-state index in [-0.39, 0.29) is 0 Å². The average molecular weight is 797 g/mol. The molecule has 0 saturated carbocycles. The van der Waals surface area contributed by atoms with Crippen molar-refractivity contribution in [1.82, 2.24) is 0 Å². The fourth-order valence-electron chi connectivity index (χ4n) is 6.72. The van der Waals surface area contributed by atoms with Crippen LogP contribution in [-0.2, 0) is 36.5 Å². The molecule has 0 aliphatic rings. The SMILES string of the molecule is CCCCCCCCCc1ccccc1C(OP(O)O)(c1ccccc1CCCCCCCCC)C(COP(O)O)(COP(O)O)COP(O)O. The highest BCUT2D eigenvalue weighted by Gasteiger charge is 2.59. The molecule has 0 atom stereocenters. The van der Waals surface area contributed by atoms with Crippen LogP contribution in [0, 0.1) is 5.41 Å². The predicted octanol–water partition coefficient (Wildman–Crippen LogP) is 8.42. The third-order valence-corrected chi connectivity index (χ3v) is 10.7. The van der Waals surface area contributed by atoms with Gasteiger partial charge in [-0.1, -0.05) is 139 Å². The van der Waals surface area contributed by atoms with Gasteiger partial charge < -0.3 is 52.7 Å². The van der Waals surface area contributed by atoms with Gasteiger partial charge in [0.15, 0.2) is 0 Å². The second-order valence-electron chi connectivity index (χ2n) is 12.9. The highest BCUT2D eigenvalue weighted by Crippen LogP contribution is 2.58. The van der Waals surface area contributed by atoms with Crippen molar-refractivity contribution in [3.05, 3.63) is 70.8 Å². The van der Waals surface area contributed by atoms with Crippen molar-refractivity contribution in [3.8, 4) is 0 Å². The summed E-state index contributed by atoms with van der Waals surface area (Å²) in [4.78, 5) is 81.6. The van der Waals surface area contributed by atoms with Crippen LogP contribution in [0.25, 0.3) is 0 Å². The molecule has 51 heavy (non-hydrogen) atoms. The Kier molecular flexibility index (Phi) is 24.3. The minimum absolute atomic E-state index is 0.468. The Morgan fingerprint density at radius 2 is 0.784 bits per heavy atom. The first-order valence-corrected chi connectivity index (χ1v) is 22.6. The number of benzene rings is 2. The minimum Gasteiger partial charge on any atom is -0.328 e. The number of hydrogen-bond donors (Lipinski definition) is 8. The van der Waals surface area contributed by atoms with Crippen molar-refractivity contribution in [3.63, 3.8) is 0 Å². The molecule has 2 aromatic rings. The van der Waals surface area contributed by atoms with Crippen LogP contribution in [0.1, 0.15) is 126 Å². The molecule has 16 heteroatoms. The van der Waals surface area contributed by atoms with E-state index in [1.165, 1.54) is 25.7 Å². The normalized spacial score (nSPS) is 12.7. The molecule has 292 valence electrons. The first kappa shape index (κ1) is 46.8. The molecule has 2 rings (SSSR count). The van der Waals surface area contributed by atoms with Crippen LogP contribution in [0.2, 0.25) is 0 Å². The van der Waals surface area contributed by atoms with Crippen molar-refractivity contribution in [2.24, 2.45) is 5.41 Å². The Bertz CT molecular complexity index is 1100. The molecule has 0 aliphatic heterocycles. The first-order valence-electron chi connectivity index (χ1n) is 18.0. The zero-order chi connectivity index (χ0) is 37.5. The highest BCUT2D eigenvalue weighted by molar-refractivity contribution is 7.40. The third kappa shape index (κ3) is 16.1. The quantitative estimate of drug-likeness (QED) is 0.0278. The second-order valence-corrected chi connectivity index (χ2v) is 15.9. The topological polar surface area (TPSA) is 199 Å². The van der Waals surface area contributed by atoms with Gasteiger partial charge in [-0.05, 0) is 47.9 Å². The molecule has 0 aromatic heterocycles. The summed E-state index contributed by atoms with van der Waals surface area (Å²) < 4.78 is 22.7. The van der Waals surface area contributed by atoms with Crippen LogP contribution < -0.4 is 0 Å². The first-order chi connectivity index (χ1) is 24.5. The van der Waals surface area contributed by atoms with Crippen molar-refractivity contribution < 1.29 is 57.2 Å². The molecule has 8 N–H and O–H groups in total. The Balaban J connectivity index is 2.86. The van der Waals surface area contributed by atoms with Gasteiger partial charge in [0.25, 0.3) is 0 Å². The van der Waals surface area contributed by atoms with E-state index in [4.69, 9.17) is 18.1 Å². The lowest BCUT2D eigenvalue weighted by atomic mass is 9.63. The second kappa shape index (κ2) is 26.5. The van der Waals surface area contributed by atoms with E-state index in [0.717, 1.165) is 75.3 Å². The number of unbranched alkanes of at least 4 members (excludes halogenated alkanes) is 12. The molecule has 0 aliphatic carbocycles. The van der Waals surface area contributed by atoms with Crippen LogP contribution in [0.5, 0.6) is 0 Å². The van der Waals surface area contributed by atoms with E-state index in [1.54, 1.807) is 24.3 Å². The minimum atomic E-state index is -3.18. The molecule has 0 unspecified atom stereocenters. The van der Waals surface area contributed by atoms with Gasteiger partial charge in [0.05, 0.1) is 25.2 Å². The van der Waals surface area contributed by atoms with E-state index >= 15 is 0 Å². The molecule has 2 aromatic carbocycles. The zero-order valence-corrected chi connectivity index (χ0v) is 33.6. The lowest BCUT2D eigenvalue weighted by Gasteiger charge is -2.51. The Hall–Kier alpha value is -0.320. The maximum atomic E-state index is 10.8. The standard InChI is InChI=1S/C35H60O12P4/c1-3-5-7-9-11-13-15-21-30-23-17-19-25-32(30)35(47-51(42)43,33-26-20-18-24-31(33)22-16-14-12-10-8-6-4-2)34(27-44-48(36)37,28-45-49(38)39)29-46-50(40)41/h17-20,23-26,36-43H,3-16,21-22,27-29H2,1-2H3. The smallest absolute Gasteiger partial charge is 0.328 e. The fraction of sp³-hybridized carbons (Fsp3) is 0.657. The van der Waals surface area contributed by atoms with E-state index in [1.807, 2.05) is 24.3 Å². The molecule has 0 spiro atoms. The van der Waals surface area contributed by atoms with Gasteiger partial charge in [-0.3, -0.25) is 4.52 Å². The predicted molar refractivity (Wildman–Crippen MR) is 204 cm³/mol. The van der Waals surface area contributed by atoms with Crippen LogP contribution in [-0.4, -0.2) is 59.0 Å². The maximum Gasteiger partial charge on any atom is 0.328 e. The van der Waals surface area contributed by atoms with E-state index in [0.29, 0.717) is 24.0 Å². The van der Waals surface area contributed by atoms with Crippen molar-refractivity contribution >= 4 is 34.4 Å². The lowest BCUT2D eigenvalue weighted by molar-refractivity contribution is -0.114. The van der Waals surface area contributed by atoms with Gasteiger partial charge in [-0.2, -0.15) is 0 Å². The summed E-state index contributed by atoms with van der Waals surface area (Å²) in [6.07, 6.45) is 16.2.